The predicted octanol–water partition coefficient (Wildman–Crippen LogP) is 3.62. The largest absolute Gasteiger partial charge is 0.306 e. The zero-order valence-corrected chi connectivity index (χ0v) is 12.8. The zero-order valence-electron chi connectivity index (χ0n) is 12.8. The van der Waals surface area contributed by atoms with Crippen LogP contribution < -0.4 is 0 Å². The highest BCUT2D eigenvalue weighted by Gasteiger charge is 2.23. The first-order valence-electron chi connectivity index (χ1n) is 7.79. The molecular weight excluding hydrogens is 208 g/mol. The van der Waals surface area contributed by atoms with Crippen molar-refractivity contribution in [2.75, 3.05) is 33.2 Å². The van der Waals surface area contributed by atoms with E-state index in [9.17, 15) is 0 Å². The number of likely N-dealkylation sites (tertiary alicyclic amines) is 2. The van der Waals surface area contributed by atoms with Crippen LogP contribution in [0.15, 0.2) is 0 Å². The van der Waals surface area contributed by atoms with E-state index in [-0.39, 0.29) is 0 Å². The van der Waals surface area contributed by atoms with Crippen molar-refractivity contribution >= 4 is 0 Å². The summed E-state index contributed by atoms with van der Waals surface area (Å²) >= 11 is 0. The highest BCUT2D eigenvalue weighted by molar-refractivity contribution is 4.80. The summed E-state index contributed by atoms with van der Waals surface area (Å²) in [5.74, 6) is 0. The van der Waals surface area contributed by atoms with Gasteiger partial charge < -0.3 is 9.80 Å². The van der Waals surface area contributed by atoms with Crippen LogP contribution in [0.4, 0.5) is 0 Å². The van der Waals surface area contributed by atoms with Gasteiger partial charge in [-0.15, -0.1) is 0 Å². The Kier molecular flexibility index (Phi) is 11.0. The second-order valence-electron chi connectivity index (χ2n) is 4.63. The van der Waals surface area contributed by atoms with E-state index in [0.717, 1.165) is 6.04 Å². The van der Waals surface area contributed by atoms with Crippen LogP contribution in [-0.2, 0) is 0 Å². The van der Waals surface area contributed by atoms with Gasteiger partial charge in [0, 0.05) is 6.04 Å². The van der Waals surface area contributed by atoms with Gasteiger partial charge in [-0.25, -0.2) is 0 Å². The average molecular weight is 242 g/mol. The summed E-state index contributed by atoms with van der Waals surface area (Å²) in [7, 11) is 2.24. The van der Waals surface area contributed by atoms with Crippen molar-refractivity contribution in [1.82, 2.24) is 9.80 Å². The maximum absolute atomic E-state index is 2.73. The van der Waals surface area contributed by atoms with E-state index in [4.69, 9.17) is 0 Å². The summed E-state index contributed by atoms with van der Waals surface area (Å²) in [5, 5.41) is 0. The van der Waals surface area contributed by atoms with Gasteiger partial charge in [-0.3, -0.25) is 0 Å². The third kappa shape index (κ3) is 6.42. The predicted molar refractivity (Wildman–Crippen MR) is 78.6 cm³/mol. The van der Waals surface area contributed by atoms with Crippen molar-refractivity contribution in [3.8, 4) is 0 Å². The molecule has 0 aromatic carbocycles. The summed E-state index contributed by atoms with van der Waals surface area (Å²) in [6.07, 6.45) is 7.13. The van der Waals surface area contributed by atoms with Crippen LogP contribution in [0.2, 0.25) is 0 Å². The van der Waals surface area contributed by atoms with E-state index in [1.165, 1.54) is 58.3 Å². The first kappa shape index (κ1) is 16.9. The fourth-order valence-electron chi connectivity index (χ4n) is 2.64. The molecule has 0 atom stereocenters. The van der Waals surface area contributed by atoms with E-state index in [2.05, 4.69) is 16.8 Å². The Labute approximate surface area is 109 Å². The summed E-state index contributed by atoms with van der Waals surface area (Å²) in [6, 6.07) is 0.913. The maximum Gasteiger partial charge on any atom is 0.0120 e. The normalized spacial score (nSPS) is 23.1. The highest BCUT2D eigenvalue weighted by atomic mass is 15.2. The Balaban J connectivity index is 0.000000581. The van der Waals surface area contributed by atoms with Gasteiger partial charge in [-0.05, 0) is 58.9 Å². The van der Waals surface area contributed by atoms with Crippen molar-refractivity contribution < 1.29 is 0 Å². The summed E-state index contributed by atoms with van der Waals surface area (Å²) in [5.41, 5.74) is 0. The molecule has 2 aliphatic rings. The zero-order chi connectivity index (χ0) is 13.1. The second kappa shape index (κ2) is 11.0. The Bertz CT molecular complexity index is 145. The van der Waals surface area contributed by atoms with Gasteiger partial charge in [0.1, 0.15) is 0 Å². The van der Waals surface area contributed by atoms with Crippen LogP contribution in [0.1, 0.15) is 59.8 Å². The third-order valence-corrected chi connectivity index (χ3v) is 3.60. The summed E-state index contributed by atoms with van der Waals surface area (Å²) in [4.78, 5) is 5.19. The summed E-state index contributed by atoms with van der Waals surface area (Å²) in [6.45, 7) is 13.4. The van der Waals surface area contributed by atoms with Crippen molar-refractivity contribution in [2.24, 2.45) is 0 Å². The molecule has 0 spiro atoms. The van der Waals surface area contributed by atoms with Crippen LogP contribution in [0.3, 0.4) is 0 Å². The molecule has 2 heteroatoms. The molecule has 2 rings (SSSR count). The van der Waals surface area contributed by atoms with E-state index in [1.54, 1.807) is 0 Å². The first-order chi connectivity index (χ1) is 8.36. The van der Waals surface area contributed by atoms with Crippen LogP contribution in [-0.4, -0.2) is 49.1 Å². The summed E-state index contributed by atoms with van der Waals surface area (Å²) < 4.78 is 0. The molecular formula is C15H34N2. The minimum absolute atomic E-state index is 0.913. The van der Waals surface area contributed by atoms with E-state index >= 15 is 0 Å². The lowest BCUT2D eigenvalue weighted by atomic mass is 10.0. The maximum atomic E-state index is 2.73. The Morgan fingerprint density at radius 3 is 1.65 bits per heavy atom. The molecule has 0 unspecified atom stereocenters. The lowest BCUT2D eigenvalue weighted by Gasteiger charge is -2.39. The van der Waals surface area contributed by atoms with Crippen LogP contribution >= 0.6 is 0 Å². The molecule has 0 aromatic heterocycles. The molecule has 0 amide bonds. The van der Waals surface area contributed by atoms with Crippen LogP contribution in [0, 0.1) is 0 Å². The fourth-order valence-corrected chi connectivity index (χ4v) is 2.64. The molecule has 0 aliphatic carbocycles. The number of hydrogen-bond acceptors (Lipinski definition) is 2. The molecule has 0 saturated carbocycles. The molecule has 104 valence electrons. The van der Waals surface area contributed by atoms with Crippen molar-refractivity contribution in [1.29, 1.82) is 0 Å². The van der Waals surface area contributed by atoms with Gasteiger partial charge >= 0.3 is 0 Å². The third-order valence-electron chi connectivity index (χ3n) is 3.60. The fraction of sp³-hybridized carbons (Fsp3) is 1.00. The number of rotatable bonds is 1. The van der Waals surface area contributed by atoms with Gasteiger partial charge in [0.2, 0.25) is 0 Å². The molecule has 2 aliphatic heterocycles. The Hall–Kier alpha value is -0.0800. The molecule has 0 bridgehead atoms. The van der Waals surface area contributed by atoms with Crippen molar-refractivity contribution in [2.45, 2.75) is 65.8 Å². The molecule has 2 fully saturated rings. The molecule has 0 radical (unpaired) electrons. The molecule has 2 nitrogen and oxygen atoms in total. The Morgan fingerprint density at radius 1 is 0.706 bits per heavy atom. The quantitative estimate of drug-likeness (QED) is 0.693. The first-order valence-corrected chi connectivity index (χ1v) is 7.79. The minimum Gasteiger partial charge on any atom is -0.306 e. The molecule has 0 aromatic rings. The second-order valence-corrected chi connectivity index (χ2v) is 4.63. The number of nitrogens with zero attached hydrogens (tertiary/aromatic N) is 2. The van der Waals surface area contributed by atoms with E-state index < -0.39 is 0 Å². The standard InChI is InChI=1S/C11H22N2.2C2H6/c1-12-9-5-11(6-10-12)13-7-3-2-4-8-13;2*1-2/h11H,2-10H2,1H3;2*1-2H3. The topological polar surface area (TPSA) is 6.48 Å². The van der Waals surface area contributed by atoms with Crippen molar-refractivity contribution in [3.05, 3.63) is 0 Å². The van der Waals surface area contributed by atoms with Gasteiger partial charge in [-0.1, -0.05) is 34.1 Å². The van der Waals surface area contributed by atoms with Gasteiger partial charge in [-0.2, -0.15) is 0 Å². The minimum atomic E-state index is 0.913. The van der Waals surface area contributed by atoms with Crippen LogP contribution in [0.25, 0.3) is 0 Å². The number of piperidine rings is 2. The van der Waals surface area contributed by atoms with Crippen molar-refractivity contribution in [3.63, 3.8) is 0 Å². The van der Waals surface area contributed by atoms with E-state index in [0.29, 0.717) is 0 Å². The van der Waals surface area contributed by atoms with Gasteiger partial charge in [0.15, 0.2) is 0 Å². The van der Waals surface area contributed by atoms with Gasteiger partial charge in [0.25, 0.3) is 0 Å². The average Bonchev–Trinajstić information content (AvgIpc) is 2.45. The monoisotopic (exact) mass is 242 g/mol. The molecule has 2 saturated heterocycles. The molecule has 2 heterocycles. The smallest absolute Gasteiger partial charge is 0.0120 e. The highest BCUT2D eigenvalue weighted by Crippen LogP contribution is 2.19. The lowest BCUT2D eigenvalue weighted by molar-refractivity contribution is 0.103. The van der Waals surface area contributed by atoms with Crippen LogP contribution in [0.5, 0.6) is 0 Å². The lowest BCUT2D eigenvalue weighted by Crippen LogP contribution is -2.45. The SMILES string of the molecule is CC.CC.CN1CCC(N2CCCCC2)CC1. The molecule has 17 heavy (non-hydrogen) atoms. The number of hydrogen-bond donors (Lipinski definition) is 0. The molecule has 0 N–H and O–H groups in total. The Morgan fingerprint density at radius 2 is 1.18 bits per heavy atom. The van der Waals surface area contributed by atoms with Gasteiger partial charge in [0.05, 0.1) is 0 Å². The van der Waals surface area contributed by atoms with E-state index in [1.807, 2.05) is 27.7 Å².